The molecule has 0 saturated heterocycles. The van der Waals surface area contributed by atoms with Gasteiger partial charge in [0.2, 0.25) is 0 Å². The first-order valence-corrected chi connectivity index (χ1v) is 5.90. The fourth-order valence-corrected chi connectivity index (χ4v) is 2.25. The van der Waals surface area contributed by atoms with Crippen molar-refractivity contribution in [3.8, 4) is 0 Å². The smallest absolute Gasteiger partial charge is 0.308 e. The van der Waals surface area contributed by atoms with Crippen molar-refractivity contribution < 1.29 is 9.53 Å². The van der Waals surface area contributed by atoms with E-state index in [2.05, 4.69) is 15.5 Å². The molecule has 1 N–H and O–H groups in total. The van der Waals surface area contributed by atoms with Gasteiger partial charge in [0.15, 0.2) is 0 Å². The fraction of sp³-hybridized carbons (Fsp3) is 0.583. The van der Waals surface area contributed by atoms with Gasteiger partial charge in [-0.05, 0) is 31.7 Å². The van der Waals surface area contributed by atoms with Gasteiger partial charge in [-0.3, -0.25) is 4.79 Å². The monoisotopic (exact) mass is 235 g/mol. The van der Waals surface area contributed by atoms with Gasteiger partial charge in [-0.15, -0.1) is 0 Å². The van der Waals surface area contributed by atoms with Crippen molar-refractivity contribution in [1.82, 2.24) is 10.2 Å². The molecule has 1 fully saturated rings. The number of aromatic nitrogens is 2. The van der Waals surface area contributed by atoms with E-state index in [1.807, 2.05) is 6.07 Å². The van der Waals surface area contributed by atoms with Crippen LogP contribution < -0.4 is 5.32 Å². The number of rotatable bonds is 3. The van der Waals surface area contributed by atoms with E-state index in [-0.39, 0.29) is 11.9 Å². The molecule has 0 aromatic carbocycles. The van der Waals surface area contributed by atoms with E-state index in [1.165, 1.54) is 7.11 Å². The third kappa shape index (κ3) is 3.15. The van der Waals surface area contributed by atoms with Gasteiger partial charge in [0.05, 0.1) is 31.1 Å². The summed E-state index contributed by atoms with van der Waals surface area (Å²) in [6.45, 7) is 0. The molecule has 1 heterocycles. The van der Waals surface area contributed by atoms with Crippen molar-refractivity contribution in [3.05, 3.63) is 18.5 Å². The van der Waals surface area contributed by atoms with Crippen LogP contribution >= 0.6 is 0 Å². The standard InChI is InChI=1S/C12H17N3O2/c1-17-12(16)9-2-4-10(5-3-9)15-11-6-7-13-14-8-11/h6-10H,2-5H2,1H3,(H,13,15). The van der Waals surface area contributed by atoms with Crippen molar-refractivity contribution in [2.24, 2.45) is 5.92 Å². The number of nitrogens with zero attached hydrogens (tertiary/aromatic N) is 2. The van der Waals surface area contributed by atoms with Crippen LogP contribution in [0.25, 0.3) is 0 Å². The molecule has 1 aromatic heterocycles. The lowest BCUT2D eigenvalue weighted by Crippen LogP contribution is -2.29. The number of carbonyl (C=O) groups is 1. The number of methoxy groups -OCH3 is 1. The molecule has 92 valence electrons. The average molecular weight is 235 g/mol. The number of hydrogen-bond donors (Lipinski definition) is 1. The van der Waals surface area contributed by atoms with Crippen LogP contribution in [-0.2, 0) is 9.53 Å². The van der Waals surface area contributed by atoms with Gasteiger partial charge in [0.25, 0.3) is 0 Å². The Kier molecular flexibility index (Phi) is 3.90. The van der Waals surface area contributed by atoms with E-state index in [9.17, 15) is 4.79 Å². The first kappa shape index (κ1) is 11.8. The van der Waals surface area contributed by atoms with Crippen LogP contribution in [0.15, 0.2) is 18.5 Å². The minimum Gasteiger partial charge on any atom is -0.469 e. The lowest BCUT2D eigenvalue weighted by Gasteiger charge is -2.28. The molecule has 0 bridgehead atoms. The molecule has 0 unspecified atom stereocenters. The van der Waals surface area contributed by atoms with E-state index in [1.54, 1.807) is 12.4 Å². The fourth-order valence-electron chi connectivity index (χ4n) is 2.25. The zero-order valence-corrected chi connectivity index (χ0v) is 9.93. The summed E-state index contributed by atoms with van der Waals surface area (Å²) in [5.41, 5.74) is 0.988. The average Bonchev–Trinajstić information content (AvgIpc) is 2.40. The summed E-state index contributed by atoms with van der Waals surface area (Å²) in [6.07, 6.45) is 7.14. The molecule has 0 spiro atoms. The number of ether oxygens (including phenoxy) is 1. The van der Waals surface area contributed by atoms with Gasteiger partial charge in [0.1, 0.15) is 0 Å². The summed E-state index contributed by atoms with van der Waals surface area (Å²) in [7, 11) is 1.45. The lowest BCUT2D eigenvalue weighted by atomic mass is 9.86. The van der Waals surface area contributed by atoms with Crippen molar-refractivity contribution in [3.63, 3.8) is 0 Å². The molecule has 17 heavy (non-hydrogen) atoms. The molecule has 1 aliphatic carbocycles. The summed E-state index contributed by atoms with van der Waals surface area (Å²) in [5, 5.41) is 11.0. The zero-order chi connectivity index (χ0) is 12.1. The first-order valence-electron chi connectivity index (χ1n) is 5.90. The maximum absolute atomic E-state index is 11.4. The van der Waals surface area contributed by atoms with Gasteiger partial charge in [-0.1, -0.05) is 0 Å². The number of esters is 1. The lowest BCUT2D eigenvalue weighted by molar-refractivity contribution is -0.146. The summed E-state index contributed by atoms with van der Waals surface area (Å²) in [6, 6.07) is 2.32. The predicted octanol–water partition coefficient (Wildman–Crippen LogP) is 1.62. The maximum Gasteiger partial charge on any atom is 0.308 e. The van der Waals surface area contributed by atoms with E-state index in [0.29, 0.717) is 6.04 Å². The molecule has 5 heteroatoms. The summed E-state index contributed by atoms with van der Waals surface area (Å²) < 4.78 is 4.77. The summed E-state index contributed by atoms with van der Waals surface area (Å²) in [4.78, 5) is 11.4. The number of anilines is 1. The second-order valence-electron chi connectivity index (χ2n) is 4.35. The first-order chi connectivity index (χ1) is 8.29. The Balaban J connectivity index is 1.82. The Bertz CT molecular complexity index is 361. The molecule has 0 atom stereocenters. The Morgan fingerprint density at radius 3 is 2.71 bits per heavy atom. The molecule has 1 saturated carbocycles. The SMILES string of the molecule is COC(=O)C1CCC(Nc2ccnnc2)CC1. The highest BCUT2D eigenvalue weighted by molar-refractivity contribution is 5.72. The zero-order valence-electron chi connectivity index (χ0n) is 9.93. The van der Waals surface area contributed by atoms with Crippen molar-refractivity contribution >= 4 is 11.7 Å². The van der Waals surface area contributed by atoms with E-state index in [4.69, 9.17) is 4.74 Å². The minimum atomic E-state index is -0.0750. The Hall–Kier alpha value is -1.65. The third-order valence-corrected chi connectivity index (χ3v) is 3.22. The van der Waals surface area contributed by atoms with E-state index >= 15 is 0 Å². The van der Waals surface area contributed by atoms with Gasteiger partial charge < -0.3 is 10.1 Å². The van der Waals surface area contributed by atoms with E-state index in [0.717, 1.165) is 31.4 Å². The van der Waals surface area contributed by atoms with Gasteiger partial charge in [0, 0.05) is 6.04 Å². The van der Waals surface area contributed by atoms with Gasteiger partial charge >= 0.3 is 5.97 Å². The second kappa shape index (κ2) is 5.61. The normalized spacial score (nSPS) is 24.1. The molecule has 2 rings (SSSR count). The van der Waals surface area contributed by atoms with Gasteiger partial charge in [-0.2, -0.15) is 10.2 Å². The van der Waals surface area contributed by atoms with Crippen LogP contribution in [0, 0.1) is 5.92 Å². The van der Waals surface area contributed by atoms with Crippen LogP contribution in [0.4, 0.5) is 5.69 Å². The Morgan fingerprint density at radius 1 is 1.35 bits per heavy atom. The highest BCUT2D eigenvalue weighted by Gasteiger charge is 2.26. The predicted molar refractivity (Wildman–Crippen MR) is 63.4 cm³/mol. The largest absolute Gasteiger partial charge is 0.469 e. The second-order valence-corrected chi connectivity index (χ2v) is 4.35. The Morgan fingerprint density at radius 2 is 2.12 bits per heavy atom. The number of hydrogen-bond acceptors (Lipinski definition) is 5. The quantitative estimate of drug-likeness (QED) is 0.806. The molecule has 0 aliphatic heterocycles. The van der Waals surface area contributed by atoms with Crippen LogP contribution in [0.2, 0.25) is 0 Å². The van der Waals surface area contributed by atoms with Crippen LogP contribution in [0.5, 0.6) is 0 Å². The van der Waals surface area contributed by atoms with Crippen molar-refractivity contribution in [2.45, 2.75) is 31.7 Å². The maximum atomic E-state index is 11.4. The molecule has 0 radical (unpaired) electrons. The molecule has 0 amide bonds. The highest BCUT2D eigenvalue weighted by Crippen LogP contribution is 2.27. The summed E-state index contributed by atoms with van der Waals surface area (Å²) >= 11 is 0. The minimum absolute atomic E-state index is 0.0750. The number of carbonyl (C=O) groups excluding carboxylic acids is 1. The third-order valence-electron chi connectivity index (χ3n) is 3.22. The highest BCUT2D eigenvalue weighted by atomic mass is 16.5. The van der Waals surface area contributed by atoms with Crippen molar-refractivity contribution in [2.75, 3.05) is 12.4 Å². The molecule has 1 aromatic rings. The molecular weight excluding hydrogens is 218 g/mol. The molecule has 1 aliphatic rings. The van der Waals surface area contributed by atoms with Crippen LogP contribution in [0.1, 0.15) is 25.7 Å². The number of nitrogens with one attached hydrogen (secondary N) is 1. The van der Waals surface area contributed by atoms with Crippen LogP contribution in [-0.4, -0.2) is 29.3 Å². The molecular formula is C12H17N3O2. The Labute approximate surface area is 101 Å². The van der Waals surface area contributed by atoms with Crippen LogP contribution in [0.3, 0.4) is 0 Å². The molecule has 5 nitrogen and oxygen atoms in total. The topological polar surface area (TPSA) is 64.1 Å². The van der Waals surface area contributed by atoms with Crippen molar-refractivity contribution in [1.29, 1.82) is 0 Å². The van der Waals surface area contributed by atoms with E-state index < -0.39 is 0 Å². The van der Waals surface area contributed by atoms with Gasteiger partial charge in [-0.25, -0.2) is 0 Å². The summed E-state index contributed by atoms with van der Waals surface area (Å²) in [5.74, 6) is 0.00245.